The Morgan fingerprint density at radius 1 is 1.40 bits per heavy atom. The van der Waals surface area contributed by atoms with Crippen LogP contribution in [-0.2, 0) is 0 Å². The minimum atomic E-state index is -0.431. The van der Waals surface area contributed by atoms with E-state index in [1.54, 1.807) is 13.1 Å². The highest BCUT2D eigenvalue weighted by Gasteiger charge is 2.10. The van der Waals surface area contributed by atoms with Crippen molar-refractivity contribution in [2.75, 3.05) is 7.05 Å². The predicted octanol–water partition coefficient (Wildman–Crippen LogP) is 2.84. The van der Waals surface area contributed by atoms with Crippen molar-refractivity contribution in [2.24, 2.45) is 0 Å². The van der Waals surface area contributed by atoms with Crippen LogP contribution in [0.4, 0.5) is 4.79 Å². The number of benzene rings is 1. The fourth-order valence-corrected chi connectivity index (χ4v) is 1.52. The second kappa shape index (κ2) is 4.82. The molecule has 82 valence electrons. The second-order valence-electron chi connectivity index (χ2n) is 3.76. The summed E-state index contributed by atoms with van der Waals surface area (Å²) in [5.41, 5.74) is 2.23. The Balaban J connectivity index is 2.99. The van der Waals surface area contributed by atoms with Crippen LogP contribution in [0, 0.1) is 6.92 Å². The molecule has 1 rings (SSSR count). The molecular formula is C12H17NO2. The van der Waals surface area contributed by atoms with Crippen molar-refractivity contribution in [3.8, 4) is 5.75 Å². The first-order chi connectivity index (χ1) is 7.06. The summed E-state index contributed by atoms with van der Waals surface area (Å²) >= 11 is 0. The first kappa shape index (κ1) is 11.6. The van der Waals surface area contributed by atoms with Gasteiger partial charge in [-0.1, -0.05) is 26.0 Å². The van der Waals surface area contributed by atoms with Crippen LogP contribution in [0.1, 0.15) is 30.9 Å². The van der Waals surface area contributed by atoms with E-state index in [1.165, 1.54) is 5.56 Å². The standard InChI is InChI=1S/C12H17NO2/c1-8(2)10-6-5-7-11(9(10)3)15-12(14)13-4/h5-8H,1-4H3,(H,13,14). The van der Waals surface area contributed by atoms with Crippen molar-refractivity contribution < 1.29 is 9.53 Å². The van der Waals surface area contributed by atoms with E-state index in [1.807, 2.05) is 13.0 Å². The van der Waals surface area contributed by atoms with Crippen LogP contribution < -0.4 is 10.1 Å². The first-order valence-electron chi connectivity index (χ1n) is 5.05. The maximum Gasteiger partial charge on any atom is 0.412 e. The van der Waals surface area contributed by atoms with Gasteiger partial charge < -0.3 is 10.1 Å². The molecule has 1 aromatic rings. The molecule has 0 aliphatic rings. The number of amides is 1. The van der Waals surface area contributed by atoms with E-state index in [0.717, 1.165) is 5.56 Å². The van der Waals surface area contributed by atoms with Crippen LogP contribution in [0.15, 0.2) is 18.2 Å². The molecule has 0 spiro atoms. The molecule has 3 nitrogen and oxygen atoms in total. The van der Waals surface area contributed by atoms with Crippen molar-refractivity contribution in [1.29, 1.82) is 0 Å². The van der Waals surface area contributed by atoms with Gasteiger partial charge in [0.1, 0.15) is 5.75 Å². The average Bonchev–Trinajstić information content (AvgIpc) is 2.20. The SMILES string of the molecule is CNC(=O)Oc1cccc(C(C)C)c1C. The third kappa shape index (κ3) is 2.72. The van der Waals surface area contributed by atoms with Crippen molar-refractivity contribution >= 4 is 6.09 Å². The monoisotopic (exact) mass is 207 g/mol. The highest BCUT2D eigenvalue weighted by Crippen LogP contribution is 2.26. The van der Waals surface area contributed by atoms with Crippen LogP contribution in [0.3, 0.4) is 0 Å². The topological polar surface area (TPSA) is 38.3 Å². The summed E-state index contributed by atoms with van der Waals surface area (Å²) in [6.07, 6.45) is -0.431. The largest absolute Gasteiger partial charge is 0.412 e. The van der Waals surface area contributed by atoms with Crippen LogP contribution in [0.25, 0.3) is 0 Å². The Labute approximate surface area is 90.4 Å². The lowest BCUT2D eigenvalue weighted by Crippen LogP contribution is -2.22. The summed E-state index contributed by atoms with van der Waals surface area (Å²) in [7, 11) is 1.55. The Morgan fingerprint density at radius 2 is 2.07 bits per heavy atom. The van der Waals surface area contributed by atoms with E-state index in [-0.39, 0.29) is 0 Å². The van der Waals surface area contributed by atoms with Gasteiger partial charge in [0.25, 0.3) is 0 Å². The molecule has 0 radical (unpaired) electrons. The smallest absolute Gasteiger partial charge is 0.410 e. The number of carbonyl (C=O) groups excluding carboxylic acids is 1. The van der Waals surface area contributed by atoms with Crippen molar-refractivity contribution in [2.45, 2.75) is 26.7 Å². The number of carbonyl (C=O) groups is 1. The van der Waals surface area contributed by atoms with Gasteiger partial charge in [-0.15, -0.1) is 0 Å². The van der Waals surface area contributed by atoms with Crippen LogP contribution in [0.2, 0.25) is 0 Å². The van der Waals surface area contributed by atoms with E-state index < -0.39 is 6.09 Å². The molecule has 0 bridgehead atoms. The molecule has 0 saturated carbocycles. The Hall–Kier alpha value is -1.51. The minimum Gasteiger partial charge on any atom is -0.410 e. The molecule has 0 aliphatic carbocycles. The van der Waals surface area contributed by atoms with Crippen molar-refractivity contribution in [3.05, 3.63) is 29.3 Å². The van der Waals surface area contributed by atoms with Gasteiger partial charge in [-0.2, -0.15) is 0 Å². The number of hydrogen-bond acceptors (Lipinski definition) is 2. The van der Waals surface area contributed by atoms with Crippen LogP contribution in [0.5, 0.6) is 5.75 Å². The zero-order chi connectivity index (χ0) is 11.4. The molecular weight excluding hydrogens is 190 g/mol. The molecule has 0 aromatic heterocycles. The quantitative estimate of drug-likeness (QED) is 0.809. The Bertz CT molecular complexity index is 359. The summed E-state index contributed by atoms with van der Waals surface area (Å²) < 4.78 is 5.14. The lowest BCUT2D eigenvalue weighted by atomic mass is 9.98. The highest BCUT2D eigenvalue weighted by molar-refractivity contribution is 5.70. The van der Waals surface area contributed by atoms with Crippen molar-refractivity contribution in [3.63, 3.8) is 0 Å². The maximum absolute atomic E-state index is 11.1. The number of hydrogen-bond donors (Lipinski definition) is 1. The molecule has 0 saturated heterocycles. The zero-order valence-electron chi connectivity index (χ0n) is 9.63. The van der Waals surface area contributed by atoms with Gasteiger partial charge in [0, 0.05) is 7.05 Å². The molecule has 0 aliphatic heterocycles. The lowest BCUT2D eigenvalue weighted by molar-refractivity contribution is 0.202. The molecule has 1 N–H and O–H groups in total. The van der Waals surface area contributed by atoms with E-state index in [0.29, 0.717) is 11.7 Å². The van der Waals surface area contributed by atoms with E-state index >= 15 is 0 Å². The molecule has 1 aromatic carbocycles. The second-order valence-corrected chi connectivity index (χ2v) is 3.76. The predicted molar refractivity (Wildman–Crippen MR) is 60.4 cm³/mol. The zero-order valence-corrected chi connectivity index (χ0v) is 9.63. The lowest BCUT2D eigenvalue weighted by Gasteiger charge is -2.13. The van der Waals surface area contributed by atoms with Gasteiger partial charge in [0.15, 0.2) is 0 Å². The van der Waals surface area contributed by atoms with Crippen LogP contribution >= 0.6 is 0 Å². The molecule has 3 heteroatoms. The van der Waals surface area contributed by atoms with Crippen LogP contribution in [-0.4, -0.2) is 13.1 Å². The molecule has 15 heavy (non-hydrogen) atoms. The maximum atomic E-state index is 11.1. The third-order valence-electron chi connectivity index (χ3n) is 2.35. The fraction of sp³-hybridized carbons (Fsp3) is 0.417. The molecule has 0 unspecified atom stereocenters. The van der Waals surface area contributed by atoms with Crippen molar-refractivity contribution in [1.82, 2.24) is 5.32 Å². The summed E-state index contributed by atoms with van der Waals surface area (Å²) in [5.74, 6) is 1.05. The highest BCUT2D eigenvalue weighted by atomic mass is 16.6. The summed E-state index contributed by atoms with van der Waals surface area (Å²) in [6.45, 7) is 6.20. The molecule has 1 amide bonds. The van der Waals surface area contributed by atoms with Gasteiger partial charge in [0.2, 0.25) is 0 Å². The van der Waals surface area contributed by atoms with Gasteiger partial charge in [-0.05, 0) is 30.0 Å². The van der Waals surface area contributed by atoms with Gasteiger partial charge in [-0.25, -0.2) is 4.79 Å². The number of rotatable bonds is 2. The summed E-state index contributed by atoms with van der Waals surface area (Å²) in [6, 6.07) is 5.76. The summed E-state index contributed by atoms with van der Waals surface area (Å²) in [4.78, 5) is 11.1. The third-order valence-corrected chi connectivity index (χ3v) is 2.35. The van der Waals surface area contributed by atoms with Gasteiger partial charge in [-0.3, -0.25) is 0 Å². The fourth-order valence-electron chi connectivity index (χ4n) is 1.52. The van der Waals surface area contributed by atoms with Gasteiger partial charge in [0.05, 0.1) is 0 Å². The first-order valence-corrected chi connectivity index (χ1v) is 5.05. The number of nitrogens with one attached hydrogen (secondary N) is 1. The van der Waals surface area contributed by atoms with E-state index in [4.69, 9.17) is 4.74 Å². The molecule has 0 atom stereocenters. The molecule has 0 fully saturated rings. The molecule has 0 heterocycles. The Kier molecular flexibility index (Phi) is 3.72. The van der Waals surface area contributed by atoms with Gasteiger partial charge >= 0.3 is 6.09 Å². The van der Waals surface area contributed by atoms with E-state index in [2.05, 4.69) is 25.2 Å². The normalized spacial score (nSPS) is 10.2. The average molecular weight is 207 g/mol. The summed E-state index contributed by atoms with van der Waals surface area (Å²) in [5, 5.41) is 2.43. The number of ether oxygens (including phenoxy) is 1. The van der Waals surface area contributed by atoms with E-state index in [9.17, 15) is 4.79 Å². The Morgan fingerprint density at radius 3 is 2.60 bits per heavy atom. The minimum absolute atomic E-state index is 0.429.